The van der Waals surface area contributed by atoms with Crippen LogP contribution in [0.15, 0.2) is 24.3 Å². The van der Waals surface area contributed by atoms with Crippen molar-refractivity contribution < 1.29 is 14.6 Å². The summed E-state index contributed by atoms with van der Waals surface area (Å²) >= 11 is 0. The molecule has 1 aromatic rings. The zero-order valence-electron chi connectivity index (χ0n) is 13.9. The molecule has 1 aromatic carbocycles. The lowest BCUT2D eigenvalue weighted by Crippen LogP contribution is -2.44. The number of hydrogen-bond acceptors (Lipinski definition) is 3. The van der Waals surface area contributed by atoms with Crippen LogP contribution >= 0.6 is 0 Å². The smallest absolute Gasteiger partial charge is 0.315 e. The van der Waals surface area contributed by atoms with Crippen LogP contribution in [-0.4, -0.2) is 36.9 Å². The fraction of sp³-hybridized carbons (Fsp3) is 0.588. The van der Waals surface area contributed by atoms with Crippen LogP contribution in [0.2, 0.25) is 0 Å². The number of amides is 2. The number of carbonyl (C=O) groups excluding carboxylic acids is 1. The van der Waals surface area contributed by atoms with Gasteiger partial charge in [-0.15, -0.1) is 0 Å². The number of rotatable bonds is 8. The van der Waals surface area contributed by atoms with E-state index in [0.717, 1.165) is 11.1 Å². The Morgan fingerprint density at radius 3 is 2.55 bits per heavy atom. The van der Waals surface area contributed by atoms with E-state index < -0.39 is 6.10 Å². The van der Waals surface area contributed by atoms with Crippen molar-refractivity contribution in [3.63, 3.8) is 0 Å². The molecule has 2 amide bonds. The van der Waals surface area contributed by atoms with Crippen LogP contribution in [-0.2, 0) is 4.74 Å². The van der Waals surface area contributed by atoms with Gasteiger partial charge in [-0.1, -0.05) is 38.1 Å². The molecular weight excluding hydrogens is 280 g/mol. The fourth-order valence-corrected chi connectivity index (χ4v) is 2.06. The Hall–Kier alpha value is -1.59. The van der Waals surface area contributed by atoms with Crippen molar-refractivity contribution in [3.8, 4) is 0 Å². The molecule has 22 heavy (non-hydrogen) atoms. The highest BCUT2D eigenvalue weighted by atomic mass is 16.5. The third-order valence-electron chi connectivity index (χ3n) is 3.20. The van der Waals surface area contributed by atoms with Gasteiger partial charge >= 0.3 is 6.03 Å². The average molecular weight is 308 g/mol. The molecule has 0 radical (unpaired) electrons. The van der Waals surface area contributed by atoms with E-state index >= 15 is 0 Å². The average Bonchev–Trinajstić information content (AvgIpc) is 2.44. The van der Waals surface area contributed by atoms with Gasteiger partial charge < -0.3 is 20.5 Å². The minimum absolute atomic E-state index is 0.0747. The third kappa shape index (κ3) is 6.91. The number of ether oxygens (including phenoxy) is 1. The zero-order chi connectivity index (χ0) is 16.5. The van der Waals surface area contributed by atoms with Gasteiger partial charge in [0.25, 0.3) is 0 Å². The molecule has 124 valence electrons. The van der Waals surface area contributed by atoms with Crippen LogP contribution < -0.4 is 10.6 Å². The predicted molar refractivity (Wildman–Crippen MR) is 87.8 cm³/mol. The van der Waals surface area contributed by atoms with Gasteiger partial charge in [0.1, 0.15) is 0 Å². The number of aliphatic hydroxyl groups is 1. The maximum atomic E-state index is 11.8. The highest BCUT2D eigenvalue weighted by Crippen LogP contribution is 2.16. The first kappa shape index (κ1) is 18.5. The first-order valence-electron chi connectivity index (χ1n) is 7.75. The molecule has 0 saturated carbocycles. The Morgan fingerprint density at radius 1 is 1.23 bits per heavy atom. The normalized spacial score (nSPS) is 13.7. The fourth-order valence-electron chi connectivity index (χ4n) is 2.06. The maximum absolute atomic E-state index is 11.8. The zero-order valence-corrected chi connectivity index (χ0v) is 13.9. The molecule has 2 atom stereocenters. The maximum Gasteiger partial charge on any atom is 0.315 e. The van der Waals surface area contributed by atoms with E-state index in [9.17, 15) is 9.90 Å². The summed E-state index contributed by atoms with van der Waals surface area (Å²) in [6.07, 6.45) is -0.709. The van der Waals surface area contributed by atoms with Crippen molar-refractivity contribution in [3.05, 3.63) is 35.4 Å². The van der Waals surface area contributed by atoms with Crippen LogP contribution in [0.1, 0.15) is 38.0 Å². The second-order valence-electron chi connectivity index (χ2n) is 6.06. The molecule has 0 spiro atoms. The van der Waals surface area contributed by atoms with E-state index in [2.05, 4.69) is 24.5 Å². The molecule has 0 aliphatic heterocycles. The van der Waals surface area contributed by atoms with Crippen LogP contribution in [0.3, 0.4) is 0 Å². The van der Waals surface area contributed by atoms with Crippen LogP contribution in [0.4, 0.5) is 4.79 Å². The van der Waals surface area contributed by atoms with Crippen molar-refractivity contribution in [1.82, 2.24) is 10.6 Å². The summed E-state index contributed by atoms with van der Waals surface area (Å²) in [5.74, 6) is 0.477. The van der Waals surface area contributed by atoms with E-state index in [1.54, 1.807) is 0 Å². The topological polar surface area (TPSA) is 70.6 Å². The molecule has 1 rings (SSSR count). The van der Waals surface area contributed by atoms with E-state index in [-0.39, 0.29) is 18.6 Å². The van der Waals surface area contributed by atoms with Crippen molar-refractivity contribution in [2.75, 3.05) is 19.8 Å². The Balaban J connectivity index is 2.29. The van der Waals surface area contributed by atoms with E-state index in [1.165, 1.54) is 0 Å². The van der Waals surface area contributed by atoms with Gasteiger partial charge in [0, 0.05) is 13.2 Å². The molecule has 0 heterocycles. The summed E-state index contributed by atoms with van der Waals surface area (Å²) < 4.78 is 5.48. The lowest BCUT2D eigenvalue weighted by molar-refractivity contribution is 0.0951. The van der Waals surface area contributed by atoms with Gasteiger partial charge in [-0.05, 0) is 30.9 Å². The summed E-state index contributed by atoms with van der Waals surface area (Å²) in [7, 11) is 0. The lowest BCUT2D eigenvalue weighted by atomic mass is 10.0. The van der Waals surface area contributed by atoms with Gasteiger partial charge in [0.2, 0.25) is 0 Å². The number of carbonyl (C=O) groups is 1. The minimum Gasteiger partial charge on any atom is -0.387 e. The molecule has 0 aliphatic carbocycles. The first-order valence-corrected chi connectivity index (χ1v) is 7.75. The van der Waals surface area contributed by atoms with Gasteiger partial charge in [-0.3, -0.25) is 0 Å². The quantitative estimate of drug-likeness (QED) is 0.690. The van der Waals surface area contributed by atoms with Gasteiger partial charge in [0.05, 0.1) is 18.8 Å². The molecule has 0 saturated heterocycles. The predicted octanol–water partition coefficient (Wildman–Crippen LogP) is 2.39. The number of nitrogens with one attached hydrogen (secondary N) is 2. The van der Waals surface area contributed by atoms with E-state index in [0.29, 0.717) is 19.1 Å². The molecule has 5 heteroatoms. The van der Waals surface area contributed by atoms with Crippen LogP contribution in [0.25, 0.3) is 0 Å². The third-order valence-corrected chi connectivity index (χ3v) is 3.20. The number of hydrogen-bond donors (Lipinski definition) is 3. The number of benzene rings is 1. The standard InChI is InChI=1S/C17H28N2O3/c1-12(2)10-22-11-14(4)19-17(21)18-9-16(20)15-8-6-5-7-13(15)3/h5-8,12,14,16,20H,9-11H2,1-4H3,(H2,18,19,21)/t14-,16-/m1/s1. The van der Waals surface area contributed by atoms with Crippen LogP contribution in [0.5, 0.6) is 0 Å². The number of aryl methyl sites for hydroxylation is 1. The number of urea groups is 1. The minimum atomic E-state index is -0.709. The molecule has 0 aromatic heterocycles. The summed E-state index contributed by atoms with van der Waals surface area (Å²) in [6, 6.07) is 7.22. The van der Waals surface area contributed by atoms with E-state index in [1.807, 2.05) is 38.1 Å². The molecule has 0 fully saturated rings. The summed E-state index contributed by atoms with van der Waals surface area (Å²) in [4.78, 5) is 11.8. The van der Waals surface area contributed by atoms with Crippen molar-refractivity contribution in [1.29, 1.82) is 0 Å². The molecular formula is C17H28N2O3. The monoisotopic (exact) mass is 308 g/mol. The molecule has 0 aliphatic rings. The largest absolute Gasteiger partial charge is 0.387 e. The molecule has 5 nitrogen and oxygen atoms in total. The highest BCUT2D eigenvalue weighted by Gasteiger charge is 2.12. The van der Waals surface area contributed by atoms with Crippen molar-refractivity contribution in [2.45, 2.75) is 39.8 Å². The van der Waals surface area contributed by atoms with E-state index in [4.69, 9.17) is 4.74 Å². The van der Waals surface area contributed by atoms with Crippen molar-refractivity contribution >= 4 is 6.03 Å². The van der Waals surface area contributed by atoms with Gasteiger partial charge in [-0.25, -0.2) is 4.79 Å². The summed E-state index contributed by atoms with van der Waals surface area (Å²) in [5.41, 5.74) is 1.84. The lowest BCUT2D eigenvalue weighted by Gasteiger charge is -2.18. The highest BCUT2D eigenvalue weighted by molar-refractivity contribution is 5.74. The first-order chi connectivity index (χ1) is 10.4. The van der Waals surface area contributed by atoms with Crippen molar-refractivity contribution in [2.24, 2.45) is 5.92 Å². The second kappa shape index (κ2) is 9.43. The summed E-state index contributed by atoms with van der Waals surface area (Å²) in [6.45, 7) is 9.32. The Kier molecular flexibility index (Phi) is 7.91. The Bertz CT molecular complexity index is 463. The van der Waals surface area contributed by atoms with Gasteiger partial charge in [-0.2, -0.15) is 0 Å². The SMILES string of the molecule is Cc1ccccc1[C@H](O)CNC(=O)N[C@H](C)COCC(C)C. The molecule has 0 unspecified atom stereocenters. The summed E-state index contributed by atoms with van der Waals surface area (Å²) in [5, 5.41) is 15.6. The van der Waals surface area contributed by atoms with Crippen LogP contribution in [0, 0.1) is 12.8 Å². The molecule has 3 N–H and O–H groups in total. The van der Waals surface area contributed by atoms with Gasteiger partial charge in [0.15, 0.2) is 0 Å². The Morgan fingerprint density at radius 2 is 1.91 bits per heavy atom. The Labute approximate surface area is 133 Å². The second-order valence-corrected chi connectivity index (χ2v) is 6.06. The number of aliphatic hydroxyl groups excluding tert-OH is 1. The molecule has 0 bridgehead atoms.